The molecule has 1 nitrogen and oxygen atoms in total. The van der Waals surface area contributed by atoms with Crippen LogP contribution in [0.1, 0.15) is 6.42 Å². The zero-order valence-electron chi connectivity index (χ0n) is 3.68. The van der Waals surface area contributed by atoms with Crippen LogP contribution in [0.4, 0.5) is 0 Å². The standard InChI is InChI=1S/C4H8OS/c1-2-5-4-6-3-1/h1-4H2/p+1. The number of hydrogen-bond donors (Lipinski definition) is 0. The van der Waals surface area contributed by atoms with Crippen molar-refractivity contribution in [1.29, 1.82) is 0 Å². The van der Waals surface area contributed by atoms with Crippen LogP contribution in [0.5, 0.6) is 0 Å². The Balaban J connectivity index is 2.00. The molecule has 0 saturated carbocycles. The fourth-order valence-electron chi connectivity index (χ4n) is 0.472. The first-order chi connectivity index (χ1) is 3.00. The zero-order valence-corrected chi connectivity index (χ0v) is 4.58. The van der Waals surface area contributed by atoms with Gasteiger partial charge < -0.3 is 4.74 Å². The van der Waals surface area contributed by atoms with Crippen LogP contribution in [0.15, 0.2) is 0 Å². The number of ether oxygens (including phenoxy) is 1. The van der Waals surface area contributed by atoms with Gasteiger partial charge in [0.05, 0.1) is 6.61 Å². The molecule has 1 aliphatic rings. The number of rotatable bonds is 0. The SMILES string of the molecule is C1COC[SH+]C1. The van der Waals surface area contributed by atoms with E-state index in [1.165, 1.54) is 23.9 Å². The maximum atomic E-state index is 5.06. The zero-order chi connectivity index (χ0) is 4.24. The summed E-state index contributed by atoms with van der Waals surface area (Å²) in [4.78, 5) is 0. The Morgan fingerprint density at radius 2 is 2.50 bits per heavy atom. The maximum absolute atomic E-state index is 5.06. The Hall–Kier alpha value is 0.310. The maximum Gasteiger partial charge on any atom is 0.205 e. The third-order valence-corrected chi connectivity index (χ3v) is 1.79. The lowest BCUT2D eigenvalue weighted by Crippen LogP contribution is -2.09. The fourth-order valence-corrected chi connectivity index (χ4v) is 1.21. The van der Waals surface area contributed by atoms with Crippen LogP contribution >= 0.6 is 0 Å². The Bertz CT molecular complexity index is 23.0. The lowest BCUT2D eigenvalue weighted by molar-refractivity contribution is 0.176. The second-order valence-corrected chi connectivity index (χ2v) is 2.49. The molecule has 0 aromatic carbocycles. The Morgan fingerprint density at radius 1 is 1.50 bits per heavy atom. The van der Waals surface area contributed by atoms with Crippen molar-refractivity contribution in [2.24, 2.45) is 0 Å². The van der Waals surface area contributed by atoms with E-state index < -0.39 is 0 Å². The van der Waals surface area contributed by atoms with Crippen LogP contribution in [0.2, 0.25) is 0 Å². The summed E-state index contributed by atoms with van der Waals surface area (Å²) < 4.78 is 5.06. The summed E-state index contributed by atoms with van der Waals surface area (Å²) in [6.45, 7) is 0.993. The lowest BCUT2D eigenvalue weighted by Gasteiger charge is -2.00. The molecule has 0 aromatic rings. The molecule has 0 aliphatic carbocycles. The van der Waals surface area contributed by atoms with E-state index in [0.29, 0.717) is 0 Å². The van der Waals surface area contributed by atoms with Gasteiger partial charge in [-0.25, -0.2) is 0 Å². The van der Waals surface area contributed by atoms with Crippen molar-refractivity contribution in [3.05, 3.63) is 0 Å². The summed E-state index contributed by atoms with van der Waals surface area (Å²) in [5.74, 6) is 2.32. The Morgan fingerprint density at radius 3 is 2.67 bits per heavy atom. The average Bonchev–Trinajstić information content (AvgIpc) is 1.72. The van der Waals surface area contributed by atoms with Gasteiger partial charge >= 0.3 is 0 Å². The topological polar surface area (TPSA) is 9.23 Å². The number of hydrogen-bond acceptors (Lipinski definition) is 1. The van der Waals surface area contributed by atoms with E-state index in [1.54, 1.807) is 0 Å². The summed E-state index contributed by atoms with van der Waals surface area (Å²) in [6.07, 6.45) is 1.27. The molecular weight excluding hydrogens is 96.1 g/mol. The summed E-state index contributed by atoms with van der Waals surface area (Å²) in [7, 11) is 0. The van der Waals surface area contributed by atoms with Crippen LogP contribution in [0.3, 0.4) is 0 Å². The first-order valence-corrected chi connectivity index (χ1v) is 3.47. The molecule has 1 aliphatic heterocycles. The quantitative estimate of drug-likeness (QED) is 0.315. The van der Waals surface area contributed by atoms with E-state index in [1.807, 2.05) is 0 Å². The highest BCUT2D eigenvalue weighted by atomic mass is 32.2. The molecule has 1 heterocycles. The molecule has 1 rings (SSSR count). The van der Waals surface area contributed by atoms with E-state index >= 15 is 0 Å². The minimum absolute atomic E-state index is 0.972. The van der Waals surface area contributed by atoms with Crippen LogP contribution in [0.25, 0.3) is 0 Å². The highest BCUT2D eigenvalue weighted by Crippen LogP contribution is 1.92. The van der Waals surface area contributed by atoms with Gasteiger partial charge in [-0.15, -0.1) is 0 Å². The van der Waals surface area contributed by atoms with Gasteiger partial charge in [-0.3, -0.25) is 0 Å². The van der Waals surface area contributed by atoms with Crippen LogP contribution in [-0.2, 0) is 16.5 Å². The van der Waals surface area contributed by atoms with Gasteiger partial charge in [-0.05, 0) is 11.8 Å². The minimum atomic E-state index is 0.972. The molecule has 0 bridgehead atoms. The van der Waals surface area contributed by atoms with E-state index in [0.717, 1.165) is 12.5 Å². The van der Waals surface area contributed by atoms with E-state index in [9.17, 15) is 0 Å². The van der Waals surface area contributed by atoms with Crippen molar-refractivity contribution >= 4 is 11.8 Å². The minimum Gasteiger partial charge on any atom is -0.336 e. The summed E-state index contributed by atoms with van der Waals surface area (Å²) >= 11 is 1.48. The molecule has 0 aromatic heterocycles. The van der Waals surface area contributed by atoms with E-state index in [2.05, 4.69) is 0 Å². The van der Waals surface area contributed by atoms with Gasteiger partial charge in [-0.2, -0.15) is 0 Å². The van der Waals surface area contributed by atoms with Crippen LogP contribution < -0.4 is 0 Å². The van der Waals surface area contributed by atoms with Gasteiger partial charge in [-0.1, -0.05) is 0 Å². The molecular formula is C4H9OS+. The second-order valence-electron chi connectivity index (χ2n) is 1.34. The first kappa shape index (κ1) is 4.47. The largest absolute Gasteiger partial charge is 0.336 e. The van der Waals surface area contributed by atoms with Gasteiger partial charge in [0.15, 0.2) is 0 Å². The molecule has 1 saturated heterocycles. The molecule has 36 valence electrons. The van der Waals surface area contributed by atoms with Crippen molar-refractivity contribution in [2.75, 3.05) is 18.3 Å². The van der Waals surface area contributed by atoms with Gasteiger partial charge in [0.2, 0.25) is 5.94 Å². The van der Waals surface area contributed by atoms with E-state index in [4.69, 9.17) is 4.74 Å². The predicted octanol–water partition coefficient (Wildman–Crippen LogP) is 0.179. The molecule has 0 N–H and O–H groups in total. The molecule has 0 atom stereocenters. The molecule has 0 amide bonds. The van der Waals surface area contributed by atoms with Crippen molar-refractivity contribution in [3.63, 3.8) is 0 Å². The first-order valence-electron chi connectivity index (χ1n) is 2.21. The molecule has 6 heavy (non-hydrogen) atoms. The molecule has 0 unspecified atom stereocenters. The average molecular weight is 105 g/mol. The fraction of sp³-hybridized carbons (Fsp3) is 1.00. The molecule has 2 heteroatoms. The van der Waals surface area contributed by atoms with Gasteiger partial charge in [0, 0.05) is 6.42 Å². The predicted molar refractivity (Wildman–Crippen MR) is 29.1 cm³/mol. The third kappa shape index (κ3) is 1.19. The van der Waals surface area contributed by atoms with Gasteiger partial charge in [0.25, 0.3) is 0 Å². The van der Waals surface area contributed by atoms with Gasteiger partial charge in [0.1, 0.15) is 5.75 Å². The van der Waals surface area contributed by atoms with Crippen LogP contribution in [0, 0.1) is 0 Å². The second kappa shape index (κ2) is 2.48. The monoisotopic (exact) mass is 105 g/mol. The van der Waals surface area contributed by atoms with E-state index in [-0.39, 0.29) is 0 Å². The van der Waals surface area contributed by atoms with Crippen molar-refractivity contribution < 1.29 is 4.74 Å². The normalized spacial score (nSPS) is 24.0. The Kier molecular flexibility index (Phi) is 1.85. The van der Waals surface area contributed by atoms with Crippen molar-refractivity contribution in [1.82, 2.24) is 0 Å². The summed E-state index contributed by atoms with van der Waals surface area (Å²) in [5, 5.41) is 0. The van der Waals surface area contributed by atoms with Crippen molar-refractivity contribution in [2.45, 2.75) is 6.42 Å². The summed E-state index contributed by atoms with van der Waals surface area (Å²) in [5.41, 5.74) is 0. The molecule has 0 spiro atoms. The third-order valence-electron chi connectivity index (χ3n) is 0.787. The summed E-state index contributed by atoms with van der Waals surface area (Å²) in [6, 6.07) is 0. The molecule has 0 radical (unpaired) electrons. The van der Waals surface area contributed by atoms with Crippen molar-refractivity contribution in [3.8, 4) is 0 Å². The highest BCUT2D eigenvalue weighted by molar-refractivity contribution is 7.78. The smallest absolute Gasteiger partial charge is 0.205 e. The highest BCUT2D eigenvalue weighted by Gasteiger charge is 2.02. The Labute approximate surface area is 42.1 Å². The number of thiol groups is 1. The molecule has 1 fully saturated rings. The van der Waals surface area contributed by atoms with Crippen LogP contribution in [-0.4, -0.2) is 18.3 Å². The lowest BCUT2D eigenvalue weighted by atomic mass is 10.5.